The van der Waals surface area contributed by atoms with E-state index in [1.807, 2.05) is 55.5 Å². The molecule has 0 spiro atoms. The number of fused-ring (bicyclic) bond motifs is 1. The molecule has 4 nitrogen and oxygen atoms in total. The van der Waals surface area contributed by atoms with Crippen LogP contribution in [-0.4, -0.2) is 18.9 Å². The van der Waals surface area contributed by atoms with E-state index in [4.69, 9.17) is 0 Å². The van der Waals surface area contributed by atoms with Crippen molar-refractivity contribution in [3.63, 3.8) is 0 Å². The first-order chi connectivity index (χ1) is 13.0. The first kappa shape index (κ1) is 17.8. The van der Waals surface area contributed by atoms with Gasteiger partial charge < -0.3 is 10.2 Å². The van der Waals surface area contributed by atoms with Gasteiger partial charge in [0.25, 0.3) is 5.91 Å². The monoisotopic (exact) mass is 362 g/mol. The molecular formula is C23H26N2O2. The van der Waals surface area contributed by atoms with Crippen molar-refractivity contribution in [1.29, 1.82) is 0 Å². The Kier molecular flexibility index (Phi) is 4.50. The fourth-order valence-corrected chi connectivity index (χ4v) is 4.53. The van der Waals surface area contributed by atoms with Gasteiger partial charge in [-0.15, -0.1) is 0 Å². The predicted molar refractivity (Wildman–Crippen MR) is 107 cm³/mol. The van der Waals surface area contributed by atoms with Crippen LogP contribution >= 0.6 is 0 Å². The predicted octanol–water partition coefficient (Wildman–Crippen LogP) is 3.91. The lowest BCUT2D eigenvalue weighted by Gasteiger charge is -2.33. The minimum absolute atomic E-state index is 0.00495. The Morgan fingerprint density at radius 3 is 2.48 bits per heavy atom. The maximum atomic E-state index is 13.5. The highest BCUT2D eigenvalue weighted by Gasteiger charge is 2.52. The third kappa shape index (κ3) is 2.84. The van der Waals surface area contributed by atoms with Gasteiger partial charge >= 0.3 is 0 Å². The highest BCUT2D eigenvalue weighted by atomic mass is 16.2. The van der Waals surface area contributed by atoms with E-state index in [2.05, 4.69) is 5.32 Å². The number of carbonyl (C=O) groups is 2. The van der Waals surface area contributed by atoms with E-state index < -0.39 is 5.54 Å². The van der Waals surface area contributed by atoms with Crippen molar-refractivity contribution in [3.05, 3.63) is 65.2 Å². The van der Waals surface area contributed by atoms with Crippen LogP contribution in [0.25, 0.3) is 0 Å². The van der Waals surface area contributed by atoms with Crippen LogP contribution in [0, 0.1) is 12.8 Å². The number of benzene rings is 2. The quantitative estimate of drug-likeness (QED) is 0.900. The zero-order valence-corrected chi connectivity index (χ0v) is 16.0. The lowest BCUT2D eigenvalue weighted by atomic mass is 9.81. The summed E-state index contributed by atoms with van der Waals surface area (Å²) in [5.41, 5.74) is 2.47. The van der Waals surface area contributed by atoms with Crippen molar-refractivity contribution in [2.45, 2.75) is 44.6 Å². The fraction of sp³-hybridized carbons (Fsp3) is 0.391. The highest BCUT2D eigenvalue weighted by molar-refractivity contribution is 6.11. The lowest BCUT2D eigenvalue weighted by Crippen LogP contribution is -2.54. The number of carbonyl (C=O) groups excluding carboxylic acids is 2. The zero-order valence-electron chi connectivity index (χ0n) is 16.0. The number of rotatable bonds is 3. The Hall–Kier alpha value is -2.62. The molecule has 1 aliphatic heterocycles. The fourth-order valence-electron chi connectivity index (χ4n) is 4.53. The van der Waals surface area contributed by atoms with Gasteiger partial charge in [0.15, 0.2) is 5.54 Å². The first-order valence-corrected chi connectivity index (χ1v) is 9.81. The van der Waals surface area contributed by atoms with Crippen LogP contribution in [0.1, 0.15) is 48.8 Å². The highest BCUT2D eigenvalue weighted by Crippen LogP contribution is 2.44. The molecule has 1 aliphatic carbocycles. The summed E-state index contributed by atoms with van der Waals surface area (Å²) in [7, 11) is 1.79. The van der Waals surface area contributed by atoms with E-state index >= 15 is 0 Å². The molecular weight excluding hydrogens is 336 g/mol. The largest absolute Gasteiger partial charge is 0.334 e. The Balaban J connectivity index is 1.85. The summed E-state index contributed by atoms with van der Waals surface area (Å²) in [5.74, 6) is -0.112. The summed E-state index contributed by atoms with van der Waals surface area (Å²) in [6, 6.07) is 15.7. The zero-order chi connectivity index (χ0) is 19.0. The molecule has 2 amide bonds. The van der Waals surface area contributed by atoms with Gasteiger partial charge in [-0.1, -0.05) is 67.3 Å². The average molecular weight is 362 g/mol. The van der Waals surface area contributed by atoms with Crippen LogP contribution in [0.2, 0.25) is 0 Å². The third-order valence-corrected chi connectivity index (χ3v) is 6.04. The Bertz CT molecular complexity index is 871. The number of amides is 2. The number of hydrogen-bond acceptors (Lipinski definition) is 2. The Morgan fingerprint density at radius 2 is 1.78 bits per heavy atom. The summed E-state index contributed by atoms with van der Waals surface area (Å²) in [6.07, 6.45) is 5.17. The summed E-state index contributed by atoms with van der Waals surface area (Å²) >= 11 is 0. The summed E-state index contributed by atoms with van der Waals surface area (Å²) < 4.78 is 0. The van der Waals surface area contributed by atoms with Gasteiger partial charge in [0.2, 0.25) is 5.91 Å². The van der Waals surface area contributed by atoms with Crippen molar-refractivity contribution in [3.8, 4) is 0 Å². The molecule has 27 heavy (non-hydrogen) atoms. The molecule has 1 atom stereocenters. The molecule has 4 heteroatoms. The van der Waals surface area contributed by atoms with E-state index in [9.17, 15) is 9.59 Å². The summed E-state index contributed by atoms with van der Waals surface area (Å²) in [5, 5.41) is 3.21. The van der Waals surface area contributed by atoms with Crippen LogP contribution in [0.4, 0.5) is 5.69 Å². The molecule has 2 aromatic rings. The molecule has 1 heterocycles. The number of likely N-dealkylation sites (N-methyl/N-ethyl adjacent to an activating group) is 1. The number of anilines is 1. The smallest absolute Gasteiger partial charge is 0.261 e. The van der Waals surface area contributed by atoms with Gasteiger partial charge in [-0.25, -0.2) is 0 Å². The average Bonchev–Trinajstić information content (AvgIpc) is 2.91. The van der Waals surface area contributed by atoms with Gasteiger partial charge in [0, 0.05) is 24.2 Å². The van der Waals surface area contributed by atoms with E-state index in [-0.39, 0.29) is 17.7 Å². The van der Waals surface area contributed by atoms with Crippen molar-refractivity contribution in [2.24, 2.45) is 5.92 Å². The lowest BCUT2D eigenvalue weighted by molar-refractivity contribution is -0.132. The van der Waals surface area contributed by atoms with Gasteiger partial charge in [0.05, 0.1) is 0 Å². The molecule has 1 saturated carbocycles. The Labute approximate surface area is 160 Å². The van der Waals surface area contributed by atoms with Gasteiger partial charge in [0.1, 0.15) is 0 Å². The van der Waals surface area contributed by atoms with E-state index in [1.54, 1.807) is 11.9 Å². The van der Waals surface area contributed by atoms with Crippen LogP contribution < -0.4 is 10.2 Å². The molecule has 1 N–H and O–H groups in total. The maximum Gasteiger partial charge on any atom is 0.261 e. The van der Waals surface area contributed by atoms with Crippen molar-refractivity contribution in [2.75, 3.05) is 11.9 Å². The first-order valence-electron chi connectivity index (χ1n) is 9.81. The van der Waals surface area contributed by atoms with E-state index in [0.717, 1.165) is 48.1 Å². The van der Waals surface area contributed by atoms with Crippen LogP contribution in [0.5, 0.6) is 0 Å². The molecule has 0 bridgehead atoms. The topological polar surface area (TPSA) is 49.4 Å². The second-order valence-electron chi connectivity index (χ2n) is 7.82. The van der Waals surface area contributed by atoms with E-state index in [0.29, 0.717) is 0 Å². The molecule has 2 aromatic carbocycles. The second kappa shape index (κ2) is 6.84. The van der Waals surface area contributed by atoms with Crippen molar-refractivity contribution >= 4 is 17.5 Å². The summed E-state index contributed by atoms with van der Waals surface area (Å²) in [6.45, 7) is 2.02. The minimum Gasteiger partial charge on any atom is -0.334 e. The normalized spacial score (nSPS) is 22.6. The van der Waals surface area contributed by atoms with E-state index in [1.165, 1.54) is 6.42 Å². The van der Waals surface area contributed by atoms with Gasteiger partial charge in [-0.3, -0.25) is 9.59 Å². The number of hydrogen-bond donors (Lipinski definition) is 1. The van der Waals surface area contributed by atoms with Gasteiger partial charge in [-0.2, -0.15) is 0 Å². The van der Waals surface area contributed by atoms with Crippen molar-refractivity contribution in [1.82, 2.24) is 5.32 Å². The SMILES string of the molecule is Cc1ccc2c(c1)C(NC(=O)C1CCCCC1)(c1ccccc1)C(=O)N2C. The van der Waals surface area contributed by atoms with Crippen LogP contribution in [0.3, 0.4) is 0 Å². The molecule has 1 unspecified atom stereocenters. The molecule has 0 radical (unpaired) electrons. The minimum atomic E-state index is -1.15. The number of aryl methyl sites for hydroxylation is 1. The second-order valence-corrected chi connectivity index (χ2v) is 7.82. The number of nitrogens with one attached hydrogen (secondary N) is 1. The molecule has 1 fully saturated rings. The number of nitrogens with zero attached hydrogens (tertiary/aromatic N) is 1. The maximum absolute atomic E-state index is 13.5. The molecule has 0 aromatic heterocycles. The van der Waals surface area contributed by atoms with Crippen molar-refractivity contribution < 1.29 is 9.59 Å². The van der Waals surface area contributed by atoms with Crippen LogP contribution in [0.15, 0.2) is 48.5 Å². The Morgan fingerprint density at radius 1 is 1.07 bits per heavy atom. The molecule has 2 aliphatic rings. The molecule has 140 valence electrons. The molecule has 4 rings (SSSR count). The third-order valence-electron chi connectivity index (χ3n) is 6.04. The standard InChI is InChI=1S/C23H26N2O2/c1-16-13-14-20-19(15-16)23(22(27)25(20)2,18-11-7-4-8-12-18)24-21(26)17-9-5-3-6-10-17/h4,7-8,11-15,17H,3,5-6,9-10H2,1-2H3,(H,24,26). The van der Waals surface area contributed by atoms with Gasteiger partial charge in [-0.05, 0) is 31.4 Å². The summed E-state index contributed by atoms with van der Waals surface area (Å²) in [4.78, 5) is 28.4. The molecule has 0 saturated heterocycles. The van der Waals surface area contributed by atoms with Crippen LogP contribution in [-0.2, 0) is 15.1 Å².